The Kier molecular flexibility index (Phi) is 5.78. The Morgan fingerprint density at radius 2 is 2.54 bits per heavy atom. The van der Waals surface area contributed by atoms with E-state index in [1.165, 1.54) is 0 Å². The molecule has 0 aromatic carbocycles. The van der Waals surface area contributed by atoms with Crippen molar-refractivity contribution in [3.05, 3.63) is 0 Å². The van der Waals surface area contributed by atoms with E-state index in [0.717, 1.165) is 37.6 Å². The number of hydrogen-bond donors (Lipinski definition) is 1. The van der Waals surface area contributed by atoms with Gasteiger partial charge >= 0.3 is 0 Å². The van der Waals surface area contributed by atoms with Crippen LogP contribution in [0, 0.1) is 0 Å². The SMILES string of the molecule is COCCCC(O)C1CSCCO1. The van der Waals surface area contributed by atoms with Crippen molar-refractivity contribution in [3.8, 4) is 0 Å². The summed E-state index contributed by atoms with van der Waals surface area (Å²) in [7, 11) is 1.68. The van der Waals surface area contributed by atoms with Crippen LogP contribution >= 0.6 is 11.8 Å². The van der Waals surface area contributed by atoms with Crippen molar-refractivity contribution in [2.75, 3.05) is 31.8 Å². The first-order valence-electron chi connectivity index (χ1n) is 4.71. The standard InChI is InChI=1S/C9H18O3S/c1-11-4-2-3-8(10)9-7-13-6-5-12-9/h8-10H,2-7H2,1H3. The molecule has 0 aliphatic carbocycles. The first-order valence-corrected chi connectivity index (χ1v) is 5.86. The van der Waals surface area contributed by atoms with E-state index in [1.807, 2.05) is 11.8 Å². The van der Waals surface area contributed by atoms with Crippen molar-refractivity contribution in [1.82, 2.24) is 0 Å². The van der Waals surface area contributed by atoms with E-state index in [4.69, 9.17) is 9.47 Å². The maximum absolute atomic E-state index is 9.71. The molecule has 0 bridgehead atoms. The van der Waals surface area contributed by atoms with Crippen LogP contribution in [0.25, 0.3) is 0 Å². The predicted octanol–water partition coefficient (Wildman–Crippen LogP) is 0.906. The Morgan fingerprint density at radius 1 is 1.69 bits per heavy atom. The molecule has 1 aliphatic heterocycles. The highest BCUT2D eigenvalue weighted by Crippen LogP contribution is 2.17. The van der Waals surface area contributed by atoms with Crippen LogP contribution in [-0.4, -0.2) is 49.1 Å². The molecule has 1 N–H and O–H groups in total. The summed E-state index contributed by atoms with van der Waals surface area (Å²) in [4.78, 5) is 0. The van der Waals surface area contributed by atoms with E-state index in [0.29, 0.717) is 0 Å². The van der Waals surface area contributed by atoms with Crippen molar-refractivity contribution in [2.45, 2.75) is 25.0 Å². The van der Waals surface area contributed by atoms with Gasteiger partial charge in [-0.05, 0) is 12.8 Å². The highest BCUT2D eigenvalue weighted by molar-refractivity contribution is 7.99. The number of ether oxygens (including phenoxy) is 2. The molecule has 0 aromatic heterocycles. The zero-order valence-corrected chi connectivity index (χ0v) is 8.89. The highest BCUT2D eigenvalue weighted by Gasteiger charge is 2.22. The number of hydrogen-bond acceptors (Lipinski definition) is 4. The van der Waals surface area contributed by atoms with Gasteiger partial charge in [0.1, 0.15) is 0 Å². The molecule has 0 radical (unpaired) electrons. The van der Waals surface area contributed by atoms with Gasteiger partial charge in [-0.3, -0.25) is 0 Å². The van der Waals surface area contributed by atoms with Crippen molar-refractivity contribution < 1.29 is 14.6 Å². The normalized spacial score (nSPS) is 25.8. The lowest BCUT2D eigenvalue weighted by Gasteiger charge is -2.26. The number of aliphatic hydroxyl groups is 1. The minimum atomic E-state index is -0.317. The highest BCUT2D eigenvalue weighted by atomic mass is 32.2. The quantitative estimate of drug-likeness (QED) is 0.679. The third kappa shape index (κ3) is 4.31. The van der Waals surface area contributed by atoms with E-state index >= 15 is 0 Å². The molecule has 13 heavy (non-hydrogen) atoms. The van der Waals surface area contributed by atoms with Gasteiger partial charge in [0.15, 0.2) is 0 Å². The Balaban J connectivity index is 2.09. The Labute approximate surface area is 83.8 Å². The largest absolute Gasteiger partial charge is 0.390 e. The van der Waals surface area contributed by atoms with Crippen molar-refractivity contribution >= 4 is 11.8 Å². The number of rotatable bonds is 5. The molecule has 0 amide bonds. The van der Waals surface area contributed by atoms with Crippen LogP contribution in [0.2, 0.25) is 0 Å². The number of methoxy groups -OCH3 is 1. The summed E-state index contributed by atoms with van der Waals surface area (Å²) in [6, 6.07) is 0. The van der Waals surface area contributed by atoms with Crippen molar-refractivity contribution in [1.29, 1.82) is 0 Å². The lowest BCUT2D eigenvalue weighted by molar-refractivity contribution is -0.0274. The number of aliphatic hydroxyl groups excluding tert-OH is 1. The molecule has 0 spiro atoms. The fourth-order valence-electron chi connectivity index (χ4n) is 1.35. The molecule has 0 saturated carbocycles. The third-order valence-corrected chi connectivity index (χ3v) is 3.14. The van der Waals surface area contributed by atoms with Crippen LogP contribution < -0.4 is 0 Å². The van der Waals surface area contributed by atoms with Crippen LogP contribution in [0.15, 0.2) is 0 Å². The average Bonchev–Trinajstić information content (AvgIpc) is 2.19. The minimum Gasteiger partial charge on any atom is -0.390 e. The topological polar surface area (TPSA) is 38.7 Å². The molecule has 3 nitrogen and oxygen atoms in total. The average molecular weight is 206 g/mol. The van der Waals surface area contributed by atoms with E-state index in [9.17, 15) is 5.11 Å². The summed E-state index contributed by atoms with van der Waals surface area (Å²) >= 11 is 1.85. The van der Waals surface area contributed by atoms with Gasteiger partial charge in [0.25, 0.3) is 0 Å². The summed E-state index contributed by atoms with van der Waals surface area (Å²) in [5.74, 6) is 1.98. The van der Waals surface area contributed by atoms with E-state index < -0.39 is 0 Å². The van der Waals surface area contributed by atoms with Gasteiger partial charge < -0.3 is 14.6 Å². The smallest absolute Gasteiger partial charge is 0.0924 e. The molecule has 2 atom stereocenters. The zero-order valence-electron chi connectivity index (χ0n) is 8.07. The summed E-state index contributed by atoms with van der Waals surface area (Å²) in [6.07, 6.45) is 1.40. The molecule has 1 heterocycles. The lowest BCUT2D eigenvalue weighted by Crippen LogP contribution is -2.35. The minimum absolute atomic E-state index is 0.0376. The Bertz CT molecular complexity index is 126. The maximum atomic E-state index is 9.71. The molecule has 1 fully saturated rings. The molecule has 2 unspecified atom stereocenters. The maximum Gasteiger partial charge on any atom is 0.0924 e. The Hall–Kier alpha value is 0.230. The molecule has 1 aliphatic rings. The van der Waals surface area contributed by atoms with Gasteiger partial charge in [0.2, 0.25) is 0 Å². The van der Waals surface area contributed by atoms with Crippen LogP contribution in [0.3, 0.4) is 0 Å². The number of thioether (sulfide) groups is 1. The second kappa shape index (κ2) is 6.65. The van der Waals surface area contributed by atoms with Gasteiger partial charge in [-0.15, -0.1) is 0 Å². The zero-order chi connectivity index (χ0) is 9.52. The van der Waals surface area contributed by atoms with Crippen molar-refractivity contribution in [3.63, 3.8) is 0 Å². The third-order valence-electron chi connectivity index (χ3n) is 2.12. The summed E-state index contributed by atoms with van der Waals surface area (Å²) in [6.45, 7) is 1.49. The van der Waals surface area contributed by atoms with Crippen LogP contribution in [0.1, 0.15) is 12.8 Å². The van der Waals surface area contributed by atoms with Gasteiger partial charge in [0.05, 0.1) is 18.8 Å². The molecule has 4 heteroatoms. The van der Waals surface area contributed by atoms with Gasteiger partial charge in [0, 0.05) is 25.2 Å². The fraction of sp³-hybridized carbons (Fsp3) is 1.00. The van der Waals surface area contributed by atoms with Gasteiger partial charge in [-0.1, -0.05) is 0 Å². The Morgan fingerprint density at radius 3 is 3.15 bits per heavy atom. The second-order valence-electron chi connectivity index (χ2n) is 3.19. The van der Waals surface area contributed by atoms with Crippen LogP contribution in [0.4, 0.5) is 0 Å². The predicted molar refractivity (Wildman–Crippen MR) is 54.2 cm³/mol. The molecule has 1 rings (SSSR count). The molecule has 1 saturated heterocycles. The van der Waals surface area contributed by atoms with Gasteiger partial charge in [-0.25, -0.2) is 0 Å². The van der Waals surface area contributed by atoms with E-state index in [1.54, 1.807) is 7.11 Å². The molecular weight excluding hydrogens is 188 g/mol. The summed E-state index contributed by atoms with van der Waals surface area (Å²) in [5, 5.41) is 9.71. The van der Waals surface area contributed by atoms with Crippen LogP contribution in [-0.2, 0) is 9.47 Å². The second-order valence-corrected chi connectivity index (χ2v) is 4.34. The summed E-state index contributed by atoms with van der Waals surface area (Å²) < 4.78 is 10.4. The molecule has 78 valence electrons. The monoisotopic (exact) mass is 206 g/mol. The first-order chi connectivity index (χ1) is 6.34. The fourth-order valence-corrected chi connectivity index (χ4v) is 2.28. The van der Waals surface area contributed by atoms with E-state index in [2.05, 4.69) is 0 Å². The molecule has 0 aromatic rings. The van der Waals surface area contributed by atoms with Crippen LogP contribution in [0.5, 0.6) is 0 Å². The summed E-state index contributed by atoms with van der Waals surface area (Å²) in [5.41, 5.74) is 0. The van der Waals surface area contributed by atoms with Gasteiger partial charge in [-0.2, -0.15) is 11.8 Å². The molecular formula is C9H18O3S. The van der Waals surface area contributed by atoms with Crippen molar-refractivity contribution in [2.24, 2.45) is 0 Å². The first kappa shape index (κ1) is 11.3. The lowest BCUT2D eigenvalue weighted by atomic mass is 10.1. The van der Waals surface area contributed by atoms with E-state index in [-0.39, 0.29) is 12.2 Å².